The second-order valence-electron chi connectivity index (χ2n) is 7.48. The third-order valence-electron chi connectivity index (χ3n) is 5.08. The summed E-state index contributed by atoms with van der Waals surface area (Å²) in [5.74, 6) is 0.651. The average molecular weight is 410 g/mol. The van der Waals surface area contributed by atoms with Gasteiger partial charge < -0.3 is 9.72 Å². The van der Waals surface area contributed by atoms with Crippen LogP contribution in [0.2, 0.25) is 0 Å². The number of fused-ring (bicyclic) bond motifs is 2. The molecule has 0 saturated heterocycles. The van der Waals surface area contributed by atoms with Gasteiger partial charge in [0, 0.05) is 24.6 Å². The minimum atomic E-state index is -1.14. The summed E-state index contributed by atoms with van der Waals surface area (Å²) in [7, 11) is -1.14. The molecule has 3 aromatic rings. The molecule has 1 atom stereocenters. The molecule has 2 aromatic heterocycles. The monoisotopic (exact) mass is 409 g/mol. The van der Waals surface area contributed by atoms with Crippen LogP contribution in [-0.4, -0.2) is 38.5 Å². The number of nitrogens with zero attached hydrogens (tertiary/aromatic N) is 4. The fourth-order valence-electron chi connectivity index (χ4n) is 3.61. The van der Waals surface area contributed by atoms with E-state index in [0.717, 1.165) is 16.6 Å². The number of amides is 1. The van der Waals surface area contributed by atoms with Crippen LogP contribution < -0.4 is 10.3 Å². The highest BCUT2D eigenvalue weighted by atomic mass is 32.2. The SMILES string of the molecule is CCN(/N=C/c1ccc2c(c1)C(C)(C)NC2=O)c1ncc(S(C)=O)n2cccc12. The molecule has 0 fully saturated rings. The van der Waals surface area contributed by atoms with Gasteiger partial charge in [-0.15, -0.1) is 0 Å². The zero-order valence-electron chi connectivity index (χ0n) is 16.8. The van der Waals surface area contributed by atoms with Crippen LogP contribution in [-0.2, 0) is 16.3 Å². The minimum Gasteiger partial charge on any atom is -0.343 e. The second-order valence-corrected chi connectivity index (χ2v) is 8.81. The zero-order valence-corrected chi connectivity index (χ0v) is 17.7. The molecule has 0 saturated carbocycles. The smallest absolute Gasteiger partial charge is 0.252 e. The van der Waals surface area contributed by atoms with Gasteiger partial charge in [-0.1, -0.05) is 6.07 Å². The lowest BCUT2D eigenvalue weighted by Gasteiger charge is -2.19. The van der Waals surface area contributed by atoms with Crippen molar-refractivity contribution in [3.8, 4) is 0 Å². The Morgan fingerprint density at radius 3 is 2.86 bits per heavy atom. The lowest BCUT2D eigenvalue weighted by atomic mass is 9.93. The summed E-state index contributed by atoms with van der Waals surface area (Å²) >= 11 is 0. The van der Waals surface area contributed by atoms with E-state index in [1.54, 1.807) is 23.7 Å². The Morgan fingerprint density at radius 1 is 1.34 bits per heavy atom. The summed E-state index contributed by atoms with van der Waals surface area (Å²) in [6, 6.07) is 9.56. The molecule has 4 rings (SSSR count). The van der Waals surface area contributed by atoms with E-state index in [-0.39, 0.29) is 5.91 Å². The van der Waals surface area contributed by atoms with Crippen LogP contribution in [0.4, 0.5) is 5.82 Å². The molecule has 3 heterocycles. The molecular formula is C21H23N5O2S. The van der Waals surface area contributed by atoms with Crippen molar-refractivity contribution in [3.05, 3.63) is 59.4 Å². The van der Waals surface area contributed by atoms with Crippen molar-refractivity contribution in [2.45, 2.75) is 31.3 Å². The van der Waals surface area contributed by atoms with Crippen molar-refractivity contribution in [1.82, 2.24) is 14.7 Å². The van der Waals surface area contributed by atoms with Crippen LogP contribution in [0.15, 0.2) is 52.9 Å². The molecule has 0 spiro atoms. The quantitative estimate of drug-likeness (QED) is 0.519. The molecule has 1 aliphatic heterocycles. The van der Waals surface area contributed by atoms with Crippen molar-refractivity contribution in [2.75, 3.05) is 17.8 Å². The molecular weight excluding hydrogens is 386 g/mol. The van der Waals surface area contributed by atoms with Crippen LogP contribution in [0, 0.1) is 0 Å². The summed E-state index contributed by atoms with van der Waals surface area (Å²) in [6.45, 7) is 6.60. The Balaban J connectivity index is 1.69. The van der Waals surface area contributed by atoms with Crippen molar-refractivity contribution < 1.29 is 9.00 Å². The number of hydrogen-bond acceptors (Lipinski definition) is 5. The van der Waals surface area contributed by atoms with E-state index in [1.807, 2.05) is 61.7 Å². The largest absolute Gasteiger partial charge is 0.343 e. The van der Waals surface area contributed by atoms with Gasteiger partial charge in [0.05, 0.1) is 34.3 Å². The lowest BCUT2D eigenvalue weighted by Crippen LogP contribution is -2.32. The number of hydrogen-bond donors (Lipinski definition) is 1. The van der Waals surface area contributed by atoms with E-state index in [9.17, 15) is 9.00 Å². The van der Waals surface area contributed by atoms with E-state index in [1.165, 1.54) is 0 Å². The lowest BCUT2D eigenvalue weighted by molar-refractivity contribution is 0.0940. The van der Waals surface area contributed by atoms with Crippen LogP contribution in [0.1, 0.15) is 42.3 Å². The molecule has 0 radical (unpaired) electrons. The fraction of sp³-hybridized carbons (Fsp3) is 0.286. The van der Waals surface area contributed by atoms with Crippen LogP contribution in [0.25, 0.3) is 5.52 Å². The first kappa shape index (κ1) is 19.3. The highest BCUT2D eigenvalue weighted by molar-refractivity contribution is 7.84. The Kier molecular flexibility index (Phi) is 4.74. The van der Waals surface area contributed by atoms with Crippen molar-refractivity contribution in [3.63, 3.8) is 0 Å². The van der Waals surface area contributed by atoms with Gasteiger partial charge in [0.25, 0.3) is 5.91 Å². The van der Waals surface area contributed by atoms with Gasteiger partial charge in [-0.2, -0.15) is 5.10 Å². The Labute approximate surface area is 171 Å². The molecule has 1 unspecified atom stereocenters. The minimum absolute atomic E-state index is 0.0445. The predicted octanol–water partition coefficient (Wildman–Crippen LogP) is 2.91. The Bertz CT molecular complexity index is 1170. The molecule has 1 aromatic carbocycles. The molecule has 7 nitrogen and oxygen atoms in total. The van der Waals surface area contributed by atoms with Crippen LogP contribution in [0.5, 0.6) is 0 Å². The molecule has 1 amide bonds. The van der Waals surface area contributed by atoms with Gasteiger partial charge in [-0.3, -0.25) is 9.00 Å². The summed E-state index contributed by atoms with van der Waals surface area (Å²) in [5.41, 5.74) is 3.04. The number of aromatic nitrogens is 2. The molecule has 0 bridgehead atoms. The van der Waals surface area contributed by atoms with Gasteiger partial charge in [0.1, 0.15) is 5.03 Å². The van der Waals surface area contributed by atoms with Gasteiger partial charge in [0.2, 0.25) is 0 Å². The number of anilines is 1. The summed E-state index contributed by atoms with van der Waals surface area (Å²) < 4.78 is 13.8. The highest BCUT2D eigenvalue weighted by Crippen LogP contribution is 2.31. The van der Waals surface area contributed by atoms with E-state index < -0.39 is 16.3 Å². The number of hydrazone groups is 1. The third kappa shape index (κ3) is 3.33. The maximum atomic E-state index is 12.1. The topological polar surface area (TPSA) is 79.1 Å². The number of nitrogens with one attached hydrogen (secondary N) is 1. The number of carbonyl (C=O) groups excluding carboxylic acids is 1. The van der Waals surface area contributed by atoms with E-state index in [4.69, 9.17) is 0 Å². The molecule has 1 aliphatic rings. The maximum Gasteiger partial charge on any atom is 0.252 e. The van der Waals surface area contributed by atoms with Gasteiger partial charge in [-0.05, 0) is 56.2 Å². The average Bonchev–Trinajstić information content (AvgIpc) is 3.25. The fourth-order valence-corrected chi connectivity index (χ4v) is 4.25. The summed E-state index contributed by atoms with van der Waals surface area (Å²) in [6.07, 6.45) is 6.92. The Morgan fingerprint density at radius 2 is 2.14 bits per heavy atom. The number of carbonyl (C=O) groups is 1. The second kappa shape index (κ2) is 7.11. The third-order valence-corrected chi connectivity index (χ3v) is 5.98. The first-order chi connectivity index (χ1) is 13.8. The van der Waals surface area contributed by atoms with Gasteiger partial charge >= 0.3 is 0 Å². The van der Waals surface area contributed by atoms with Gasteiger partial charge in [-0.25, -0.2) is 9.99 Å². The molecule has 8 heteroatoms. The highest BCUT2D eigenvalue weighted by Gasteiger charge is 2.34. The van der Waals surface area contributed by atoms with E-state index in [0.29, 0.717) is 23.0 Å². The van der Waals surface area contributed by atoms with Crippen molar-refractivity contribution in [1.29, 1.82) is 0 Å². The summed E-state index contributed by atoms with van der Waals surface area (Å²) in [4.78, 5) is 16.6. The molecule has 1 N–H and O–H groups in total. The van der Waals surface area contributed by atoms with E-state index >= 15 is 0 Å². The first-order valence-corrected chi connectivity index (χ1v) is 11.0. The summed E-state index contributed by atoms with van der Waals surface area (Å²) in [5, 5.41) is 10.1. The standard InChI is InChI=1S/C21H23N5O2S/c1-5-26(19-17-7-6-10-25(17)18(13-22-19)29(4)28)23-12-14-8-9-15-16(11-14)21(2,3)24-20(15)27/h6-13H,5H2,1-4H3,(H,24,27)/b23-12+. The van der Waals surface area contributed by atoms with Crippen LogP contribution in [0.3, 0.4) is 0 Å². The predicted molar refractivity (Wildman–Crippen MR) is 115 cm³/mol. The Hall–Kier alpha value is -3.00. The zero-order chi connectivity index (χ0) is 20.8. The molecule has 150 valence electrons. The molecule has 0 aliphatic carbocycles. The molecule has 29 heavy (non-hydrogen) atoms. The maximum absolute atomic E-state index is 12.1. The van der Waals surface area contributed by atoms with E-state index in [2.05, 4.69) is 15.4 Å². The number of benzene rings is 1. The van der Waals surface area contributed by atoms with Gasteiger partial charge in [0.15, 0.2) is 5.82 Å². The van der Waals surface area contributed by atoms with Crippen molar-refractivity contribution in [2.24, 2.45) is 5.10 Å². The van der Waals surface area contributed by atoms with Crippen molar-refractivity contribution >= 4 is 34.3 Å². The normalized spacial score (nSPS) is 16.2. The number of rotatable bonds is 5. The first-order valence-electron chi connectivity index (χ1n) is 9.40. The van der Waals surface area contributed by atoms with Crippen LogP contribution >= 0.6 is 0 Å².